The number of amides is 3. The van der Waals surface area contributed by atoms with Crippen LogP contribution < -0.4 is 9.64 Å². The van der Waals surface area contributed by atoms with Crippen molar-refractivity contribution in [3.8, 4) is 5.75 Å². The van der Waals surface area contributed by atoms with Gasteiger partial charge in [-0.2, -0.15) is 0 Å². The monoisotopic (exact) mass is 503 g/mol. The lowest BCUT2D eigenvalue weighted by atomic mass is 9.72. The molecule has 2 aromatic carbocycles. The van der Waals surface area contributed by atoms with Crippen molar-refractivity contribution in [1.82, 2.24) is 9.80 Å². The minimum absolute atomic E-state index is 0.0182. The zero-order valence-corrected chi connectivity index (χ0v) is 21.2. The maximum absolute atomic E-state index is 14.5. The van der Waals surface area contributed by atoms with Gasteiger partial charge >= 0.3 is 0 Å². The Bertz CT molecular complexity index is 1230. The third-order valence-corrected chi connectivity index (χ3v) is 8.48. The van der Waals surface area contributed by atoms with Crippen LogP contribution in [-0.4, -0.2) is 74.0 Å². The number of rotatable bonds is 1. The summed E-state index contributed by atoms with van der Waals surface area (Å²) in [6.45, 7) is 2.64. The molecular weight excluding hydrogens is 470 g/mol. The van der Waals surface area contributed by atoms with E-state index in [4.69, 9.17) is 9.47 Å². The number of anilines is 1. The summed E-state index contributed by atoms with van der Waals surface area (Å²) in [5.41, 5.74) is 1.59. The summed E-state index contributed by atoms with van der Waals surface area (Å²) in [5, 5.41) is 0. The number of fused-ring (bicyclic) bond motifs is 6. The van der Waals surface area contributed by atoms with E-state index < -0.39 is 11.5 Å². The molecule has 1 spiro atoms. The molecule has 4 bridgehead atoms. The minimum atomic E-state index is -0.959. The van der Waals surface area contributed by atoms with Crippen LogP contribution in [0, 0.1) is 5.92 Å². The predicted octanol–water partition coefficient (Wildman–Crippen LogP) is 2.91. The summed E-state index contributed by atoms with van der Waals surface area (Å²) in [7, 11) is 1.77. The first-order valence-corrected chi connectivity index (χ1v) is 13.3. The molecule has 2 fully saturated rings. The van der Waals surface area contributed by atoms with Gasteiger partial charge in [0.05, 0.1) is 12.6 Å². The summed E-state index contributed by atoms with van der Waals surface area (Å²) in [6, 6.07) is 15.1. The van der Waals surface area contributed by atoms with Crippen LogP contribution in [0.5, 0.6) is 5.75 Å². The van der Waals surface area contributed by atoms with Gasteiger partial charge < -0.3 is 24.2 Å². The smallest absolute Gasteiger partial charge is 0.242 e. The van der Waals surface area contributed by atoms with Crippen LogP contribution in [0.1, 0.15) is 42.9 Å². The van der Waals surface area contributed by atoms with Gasteiger partial charge in [-0.1, -0.05) is 30.3 Å². The standard InChI is InChI=1S/C29H33N3O5/c1-30-13-5-15-37-22-7-4-6-21(18-22)26-29(12-14-31(26)27(34)20-10-16-36-17-11-20)23-8-2-3-9-24(23)32(28(29)35)19-25(30)33/h2-4,6-9,18,20,26H,5,10-17,19H2,1H3/t26-,29+/m0/s1. The van der Waals surface area contributed by atoms with Crippen molar-refractivity contribution in [3.63, 3.8) is 0 Å². The third-order valence-electron chi connectivity index (χ3n) is 8.48. The summed E-state index contributed by atoms with van der Waals surface area (Å²) >= 11 is 0. The molecule has 4 aliphatic heterocycles. The van der Waals surface area contributed by atoms with Crippen LogP contribution in [-0.2, 0) is 24.5 Å². The Kier molecular flexibility index (Phi) is 6.15. The lowest BCUT2D eigenvalue weighted by Gasteiger charge is -2.37. The van der Waals surface area contributed by atoms with Gasteiger partial charge in [-0.05, 0) is 55.0 Å². The molecule has 4 aliphatic rings. The van der Waals surface area contributed by atoms with E-state index in [2.05, 4.69) is 0 Å². The Hall–Kier alpha value is -3.39. The summed E-state index contributed by atoms with van der Waals surface area (Å²) in [4.78, 5) is 46.9. The van der Waals surface area contributed by atoms with E-state index in [1.165, 1.54) is 0 Å². The van der Waals surface area contributed by atoms with Crippen molar-refractivity contribution in [2.45, 2.75) is 37.1 Å². The normalized spacial score (nSPS) is 26.4. The molecule has 6 rings (SSSR count). The lowest BCUT2D eigenvalue weighted by molar-refractivity contribution is -0.141. The first kappa shape index (κ1) is 24.0. The molecule has 0 aliphatic carbocycles. The van der Waals surface area contributed by atoms with E-state index in [0.717, 1.165) is 16.8 Å². The minimum Gasteiger partial charge on any atom is -0.494 e. The van der Waals surface area contributed by atoms with Gasteiger partial charge in [0, 0.05) is 45.0 Å². The van der Waals surface area contributed by atoms with Crippen molar-refractivity contribution in [3.05, 3.63) is 59.7 Å². The maximum Gasteiger partial charge on any atom is 0.242 e. The van der Waals surface area contributed by atoms with E-state index >= 15 is 0 Å². The fraction of sp³-hybridized carbons (Fsp3) is 0.483. The van der Waals surface area contributed by atoms with Gasteiger partial charge in [0.1, 0.15) is 17.7 Å². The highest BCUT2D eigenvalue weighted by atomic mass is 16.5. The molecule has 4 heterocycles. The van der Waals surface area contributed by atoms with Gasteiger partial charge in [-0.15, -0.1) is 0 Å². The molecule has 8 heteroatoms. The van der Waals surface area contributed by atoms with Crippen molar-refractivity contribution < 1.29 is 23.9 Å². The molecule has 0 N–H and O–H groups in total. The Balaban J connectivity index is 1.51. The zero-order chi connectivity index (χ0) is 25.6. The van der Waals surface area contributed by atoms with Gasteiger partial charge in [0.2, 0.25) is 17.7 Å². The second-order valence-electron chi connectivity index (χ2n) is 10.5. The zero-order valence-electron chi connectivity index (χ0n) is 21.2. The molecule has 3 amide bonds. The molecule has 0 aromatic heterocycles. The van der Waals surface area contributed by atoms with Crippen LogP contribution in [0.2, 0.25) is 0 Å². The van der Waals surface area contributed by atoms with E-state index in [-0.39, 0.29) is 30.2 Å². The summed E-state index contributed by atoms with van der Waals surface area (Å²) in [5.74, 6) is 0.456. The number of carbonyl (C=O) groups excluding carboxylic acids is 3. The molecule has 194 valence electrons. The first-order valence-electron chi connectivity index (χ1n) is 13.3. The number of ether oxygens (including phenoxy) is 2. The molecule has 2 aromatic rings. The number of likely N-dealkylation sites (N-methyl/N-ethyl adjacent to an activating group) is 1. The van der Waals surface area contributed by atoms with E-state index in [0.29, 0.717) is 64.3 Å². The van der Waals surface area contributed by atoms with Crippen LogP contribution in [0.4, 0.5) is 5.69 Å². The second-order valence-corrected chi connectivity index (χ2v) is 10.5. The molecule has 8 nitrogen and oxygen atoms in total. The highest BCUT2D eigenvalue weighted by Gasteiger charge is 2.62. The Morgan fingerprint density at radius 2 is 1.81 bits per heavy atom. The van der Waals surface area contributed by atoms with Crippen molar-refractivity contribution >= 4 is 23.4 Å². The molecular formula is C29H33N3O5. The fourth-order valence-electron chi connectivity index (χ4n) is 6.57. The van der Waals surface area contributed by atoms with Crippen LogP contribution in [0.25, 0.3) is 0 Å². The number of hydrogen-bond acceptors (Lipinski definition) is 5. The quantitative estimate of drug-likeness (QED) is 0.598. The number of benzene rings is 2. The SMILES string of the molecule is CN1CCCOc2cccc(c2)[C@@H]2N(C(=O)C3CCOCC3)CC[C@]23C(=O)N(CC1=O)c1ccccc13. The Morgan fingerprint density at radius 1 is 1.00 bits per heavy atom. The molecule has 37 heavy (non-hydrogen) atoms. The molecule has 0 unspecified atom stereocenters. The molecule has 2 saturated heterocycles. The number of para-hydroxylation sites is 1. The lowest BCUT2D eigenvalue weighted by Crippen LogP contribution is -2.49. The largest absolute Gasteiger partial charge is 0.494 e. The summed E-state index contributed by atoms with van der Waals surface area (Å²) < 4.78 is 11.6. The van der Waals surface area contributed by atoms with Crippen molar-refractivity contribution in [2.75, 3.05) is 51.4 Å². The van der Waals surface area contributed by atoms with Crippen LogP contribution in [0.3, 0.4) is 0 Å². The first-order chi connectivity index (χ1) is 18.0. The predicted molar refractivity (Wildman–Crippen MR) is 137 cm³/mol. The van der Waals surface area contributed by atoms with Crippen molar-refractivity contribution in [1.29, 1.82) is 0 Å². The average Bonchev–Trinajstić information content (AvgIpc) is 3.44. The van der Waals surface area contributed by atoms with Gasteiger partial charge in [0.25, 0.3) is 0 Å². The average molecular weight is 504 g/mol. The van der Waals surface area contributed by atoms with E-state index in [1.54, 1.807) is 16.8 Å². The Morgan fingerprint density at radius 3 is 2.65 bits per heavy atom. The molecule has 2 atom stereocenters. The number of hydrogen-bond donors (Lipinski definition) is 0. The number of likely N-dealkylation sites (tertiary alicyclic amines) is 1. The molecule has 0 radical (unpaired) electrons. The van der Waals surface area contributed by atoms with E-state index in [1.807, 2.05) is 53.4 Å². The maximum atomic E-state index is 14.5. The topological polar surface area (TPSA) is 79.4 Å². The van der Waals surface area contributed by atoms with E-state index in [9.17, 15) is 14.4 Å². The van der Waals surface area contributed by atoms with Gasteiger partial charge in [0.15, 0.2) is 0 Å². The van der Waals surface area contributed by atoms with Crippen LogP contribution in [0.15, 0.2) is 48.5 Å². The second kappa shape index (κ2) is 9.49. The van der Waals surface area contributed by atoms with Gasteiger partial charge in [-0.25, -0.2) is 0 Å². The summed E-state index contributed by atoms with van der Waals surface area (Å²) in [6.07, 6.45) is 2.57. The number of carbonyl (C=O) groups is 3. The third kappa shape index (κ3) is 3.89. The fourth-order valence-corrected chi connectivity index (χ4v) is 6.57. The molecule has 0 saturated carbocycles. The highest BCUT2D eigenvalue weighted by Crippen LogP contribution is 2.57. The highest BCUT2D eigenvalue weighted by molar-refractivity contribution is 6.12. The van der Waals surface area contributed by atoms with Gasteiger partial charge in [-0.3, -0.25) is 14.4 Å². The van der Waals surface area contributed by atoms with Crippen molar-refractivity contribution in [2.24, 2.45) is 5.92 Å². The number of nitrogens with zero attached hydrogens (tertiary/aromatic N) is 3. The van der Waals surface area contributed by atoms with Crippen LogP contribution >= 0.6 is 0 Å². The Labute approximate surface area is 217 Å².